The molecule has 1 aromatic carbocycles. The van der Waals surface area contributed by atoms with E-state index in [2.05, 4.69) is 5.10 Å². The molecular weight excluding hydrogens is 359 g/mol. The van der Waals surface area contributed by atoms with Crippen molar-refractivity contribution in [1.82, 2.24) is 14.7 Å². The van der Waals surface area contributed by atoms with E-state index in [1.165, 1.54) is 4.68 Å². The number of aromatic nitrogens is 2. The van der Waals surface area contributed by atoms with Crippen LogP contribution in [0.4, 0.5) is 13.2 Å². The van der Waals surface area contributed by atoms with Gasteiger partial charge in [-0.1, -0.05) is 25.1 Å². The van der Waals surface area contributed by atoms with Crippen molar-refractivity contribution in [3.05, 3.63) is 40.3 Å². The lowest BCUT2D eigenvalue weighted by Crippen LogP contribution is -2.46. The van der Waals surface area contributed by atoms with Gasteiger partial charge in [-0.2, -0.15) is 18.3 Å². The Kier molecular flexibility index (Phi) is 5.26. The van der Waals surface area contributed by atoms with Crippen LogP contribution >= 0.6 is 0 Å². The van der Waals surface area contributed by atoms with Crippen molar-refractivity contribution in [3.63, 3.8) is 0 Å². The zero-order chi connectivity index (χ0) is 19.8. The number of alkyl halides is 3. The number of benzene rings is 1. The normalized spacial score (nSPS) is 15.7. The van der Waals surface area contributed by atoms with Crippen molar-refractivity contribution < 1.29 is 18.0 Å². The summed E-state index contributed by atoms with van der Waals surface area (Å²) in [5.74, 6) is -0.711. The van der Waals surface area contributed by atoms with E-state index in [-0.39, 0.29) is 27.9 Å². The summed E-state index contributed by atoms with van der Waals surface area (Å²) in [6.07, 6.45) is -2.27. The molecule has 1 saturated carbocycles. The van der Waals surface area contributed by atoms with Gasteiger partial charge in [0.05, 0.1) is 5.39 Å². The molecule has 1 amide bonds. The summed E-state index contributed by atoms with van der Waals surface area (Å²) in [6, 6.07) is 5.89. The molecule has 0 radical (unpaired) electrons. The van der Waals surface area contributed by atoms with Crippen LogP contribution in [0, 0.1) is 5.92 Å². The molecule has 27 heavy (non-hydrogen) atoms. The molecule has 1 aliphatic rings. The monoisotopic (exact) mass is 381 g/mol. The standard InChI is InChI=1S/C19H22F3N3O2/c1-3-10-25-17(26)15-7-5-4-6-14(15)16(23-25)18(27)24(11-19(20,21)22)12(2)13-8-9-13/h4-7,12-13H,3,8-11H2,1-2H3/t12-/m1/s1. The largest absolute Gasteiger partial charge is 0.406 e. The molecule has 1 heterocycles. The maximum atomic E-state index is 13.1. The van der Waals surface area contributed by atoms with Crippen LogP contribution in [0.3, 0.4) is 0 Å². The van der Waals surface area contributed by atoms with Crippen molar-refractivity contribution >= 4 is 16.7 Å². The Hall–Kier alpha value is -2.38. The van der Waals surface area contributed by atoms with E-state index in [0.717, 1.165) is 17.7 Å². The minimum Gasteiger partial charge on any atom is -0.325 e. The Morgan fingerprint density at radius 1 is 1.30 bits per heavy atom. The molecule has 5 nitrogen and oxygen atoms in total. The molecule has 0 saturated heterocycles. The lowest BCUT2D eigenvalue weighted by atomic mass is 10.1. The molecule has 146 valence electrons. The molecule has 0 unspecified atom stereocenters. The average Bonchev–Trinajstić information content (AvgIpc) is 3.45. The maximum absolute atomic E-state index is 13.1. The number of amides is 1. The molecule has 0 bridgehead atoms. The predicted molar refractivity (Wildman–Crippen MR) is 95.6 cm³/mol. The van der Waals surface area contributed by atoms with Gasteiger partial charge < -0.3 is 4.90 Å². The fourth-order valence-corrected chi connectivity index (χ4v) is 3.32. The van der Waals surface area contributed by atoms with Gasteiger partial charge in [0.25, 0.3) is 11.5 Å². The number of nitrogens with zero attached hydrogens (tertiary/aromatic N) is 3. The van der Waals surface area contributed by atoms with Gasteiger partial charge in [-0.25, -0.2) is 4.68 Å². The van der Waals surface area contributed by atoms with Crippen molar-refractivity contribution in [2.75, 3.05) is 6.54 Å². The third kappa shape index (κ3) is 4.14. The first-order valence-corrected chi connectivity index (χ1v) is 9.10. The summed E-state index contributed by atoms with van der Waals surface area (Å²) >= 11 is 0. The minimum atomic E-state index is -4.51. The molecule has 1 fully saturated rings. The van der Waals surface area contributed by atoms with E-state index in [4.69, 9.17) is 0 Å². The second-order valence-electron chi connectivity index (χ2n) is 7.05. The van der Waals surface area contributed by atoms with Gasteiger partial charge >= 0.3 is 6.18 Å². The maximum Gasteiger partial charge on any atom is 0.406 e. The van der Waals surface area contributed by atoms with Gasteiger partial charge in [-0.15, -0.1) is 0 Å². The quantitative estimate of drug-likeness (QED) is 0.768. The van der Waals surface area contributed by atoms with Gasteiger partial charge in [0.2, 0.25) is 0 Å². The fraction of sp³-hybridized carbons (Fsp3) is 0.526. The number of carbonyl (C=O) groups excluding carboxylic acids is 1. The predicted octanol–water partition coefficient (Wildman–Crippen LogP) is 3.61. The number of fused-ring (bicyclic) bond motifs is 1. The highest BCUT2D eigenvalue weighted by Gasteiger charge is 2.41. The number of rotatable bonds is 6. The number of hydrogen-bond acceptors (Lipinski definition) is 3. The minimum absolute atomic E-state index is 0.0733. The first-order valence-electron chi connectivity index (χ1n) is 9.10. The summed E-state index contributed by atoms with van der Waals surface area (Å²) in [5.41, 5.74) is -0.447. The zero-order valence-corrected chi connectivity index (χ0v) is 15.3. The summed E-state index contributed by atoms with van der Waals surface area (Å²) < 4.78 is 40.6. The Bertz CT molecular complexity index is 903. The van der Waals surface area contributed by atoms with E-state index >= 15 is 0 Å². The molecule has 1 aromatic heterocycles. The second-order valence-corrected chi connectivity index (χ2v) is 7.05. The van der Waals surface area contributed by atoms with Crippen LogP contribution in [-0.4, -0.2) is 39.4 Å². The van der Waals surface area contributed by atoms with E-state index in [0.29, 0.717) is 13.0 Å². The molecule has 0 aliphatic heterocycles. The molecule has 3 rings (SSSR count). The highest BCUT2D eigenvalue weighted by Crippen LogP contribution is 2.37. The van der Waals surface area contributed by atoms with Crippen LogP contribution in [0.15, 0.2) is 29.1 Å². The van der Waals surface area contributed by atoms with Gasteiger partial charge in [0.1, 0.15) is 6.54 Å². The number of carbonyl (C=O) groups is 1. The summed E-state index contributed by atoms with van der Waals surface area (Å²) in [4.78, 5) is 26.5. The number of aryl methyl sites for hydroxylation is 1. The third-order valence-corrected chi connectivity index (χ3v) is 4.91. The SMILES string of the molecule is CCCn1nc(C(=O)N(CC(F)(F)F)[C@H](C)C2CC2)c2ccccc2c1=O. The van der Waals surface area contributed by atoms with Crippen LogP contribution in [-0.2, 0) is 6.54 Å². The van der Waals surface area contributed by atoms with E-state index in [1.807, 2.05) is 6.92 Å². The van der Waals surface area contributed by atoms with Crippen LogP contribution < -0.4 is 5.56 Å². The molecule has 0 N–H and O–H groups in total. The average molecular weight is 381 g/mol. The second kappa shape index (κ2) is 7.32. The Labute approximate surface area is 154 Å². The summed E-state index contributed by atoms with van der Waals surface area (Å²) in [6.45, 7) is 2.47. The van der Waals surface area contributed by atoms with Crippen molar-refractivity contribution in [2.24, 2.45) is 5.92 Å². The van der Waals surface area contributed by atoms with Gasteiger partial charge in [-0.3, -0.25) is 9.59 Å². The molecule has 1 atom stereocenters. The summed E-state index contributed by atoms with van der Waals surface area (Å²) in [5, 5.41) is 4.72. The van der Waals surface area contributed by atoms with Gasteiger partial charge in [0.15, 0.2) is 5.69 Å². The van der Waals surface area contributed by atoms with E-state index in [1.54, 1.807) is 31.2 Å². The smallest absolute Gasteiger partial charge is 0.325 e. The Morgan fingerprint density at radius 3 is 2.48 bits per heavy atom. The Morgan fingerprint density at radius 2 is 1.93 bits per heavy atom. The zero-order valence-electron chi connectivity index (χ0n) is 15.3. The number of hydrogen-bond donors (Lipinski definition) is 0. The Balaban J connectivity index is 2.11. The van der Waals surface area contributed by atoms with Crippen LogP contribution in [0.1, 0.15) is 43.6 Å². The topological polar surface area (TPSA) is 55.2 Å². The van der Waals surface area contributed by atoms with Gasteiger partial charge in [0, 0.05) is 18.0 Å². The lowest BCUT2D eigenvalue weighted by Gasteiger charge is -2.30. The van der Waals surface area contributed by atoms with Crippen molar-refractivity contribution in [2.45, 2.75) is 51.9 Å². The summed E-state index contributed by atoms with van der Waals surface area (Å²) in [7, 11) is 0. The van der Waals surface area contributed by atoms with Crippen LogP contribution in [0.25, 0.3) is 10.8 Å². The van der Waals surface area contributed by atoms with E-state index < -0.39 is 24.7 Å². The number of halogens is 3. The van der Waals surface area contributed by atoms with Crippen LogP contribution in [0.5, 0.6) is 0 Å². The highest BCUT2D eigenvalue weighted by atomic mass is 19.4. The van der Waals surface area contributed by atoms with Gasteiger partial charge in [-0.05, 0) is 38.2 Å². The molecule has 1 aliphatic carbocycles. The molecular formula is C19H22F3N3O2. The first kappa shape index (κ1) is 19.4. The molecule has 8 heteroatoms. The molecule has 0 spiro atoms. The third-order valence-electron chi connectivity index (χ3n) is 4.91. The highest BCUT2D eigenvalue weighted by molar-refractivity contribution is 6.04. The van der Waals surface area contributed by atoms with Crippen LogP contribution in [0.2, 0.25) is 0 Å². The van der Waals surface area contributed by atoms with Crippen molar-refractivity contribution in [3.8, 4) is 0 Å². The molecule has 2 aromatic rings. The first-order chi connectivity index (χ1) is 12.7. The van der Waals surface area contributed by atoms with E-state index in [9.17, 15) is 22.8 Å². The van der Waals surface area contributed by atoms with Crippen molar-refractivity contribution in [1.29, 1.82) is 0 Å². The lowest BCUT2D eigenvalue weighted by molar-refractivity contribution is -0.144. The fourth-order valence-electron chi connectivity index (χ4n) is 3.32.